The van der Waals surface area contributed by atoms with Gasteiger partial charge in [-0.3, -0.25) is 19.2 Å². The number of benzene rings is 1. The van der Waals surface area contributed by atoms with Crippen LogP contribution in [0.3, 0.4) is 0 Å². The molecule has 2 fully saturated rings. The second-order valence-corrected chi connectivity index (χ2v) is 9.92. The van der Waals surface area contributed by atoms with E-state index >= 15 is 0 Å². The topological polar surface area (TPSA) is 179 Å². The molecule has 2 unspecified atom stereocenters. The van der Waals surface area contributed by atoms with Crippen molar-refractivity contribution in [3.63, 3.8) is 0 Å². The molecule has 0 saturated carbocycles. The Kier molecular flexibility index (Phi) is 6.46. The number of nitrogens with zero attached hydrogens (tertiary/aromatic N) is 1. The molecule has 6 N–H and O–H groups in total. The van der Waals surface area contributed by atoms with E-state index in [-0.39, 0.29) is 0 Å². The summed E-state index contributed by atoms with van der Waals surface area (Å²) >= 11 is 1.28. The third-order valence-electron chi connectivity index (χ3n) is 5.40. The van der Waals surface area contributed by atoms with Crippen LogP contribution < -0.4 is 16.4 Å². The quantitative estimate of drug-likeness (QED) is 0.310. The molecule has 0 bridgehead atoms. The molecule has 0 aromatic heterocycles. The number of aliphatic carboxylic acids is 2. The summed E-state index contributed by atoms with van der Waals surface area (Å²) in [5, 5.41) is 22.9. The maximum absolute atomic E-state index is 13.0. The molecule has 1 aromatic rings. The monoisotopic (exact) mass is 464 g/mol. The number of β-lactam (4-membered cyclic amide) rings is 1. The molecule has 1 aromatic carbocycles. The van der Waals surface area contributed by atoms with Crippen molar-refractivity contribution >= 4 is 41.4 Å². The number of carbonyl (C=O) groups is 5. The van der Waals surface area contributed by atoms with E-state index in [0.717, 1.165) is 0 Å². The Morgan fingerprint density at radius 2 is 1.81 bits per heavy atom. The van der Waals surface area contributed by atoms with Gasteiger partial charge in [0, 0.05) is 4.75 Å². The minimum atomic E-state index is -1.43. The molecule has 32 heavy (non-hydrogen) atoms. The number of rotatable bonds is 8. The lowest BCUT2D eigenvalue weighted by Gasteiger charge is -2.44. The summed E-state index contributed by atoms with van der Waals surface area (Å²) in [4.78, 5) is 61.8. The summed E-state index contributed by atoms with van der Waals surface area (Å²) in [5.74, 6) is -4.40. The molecule has 2 heterocycles. The lowest BCUT2D eigenvalue weighted by atomic mass is 9.95. The molecule has 11 nitrogen and oxygen atoms in total. The number of nitrogens with one attached hydrogen (secondary N) is 2. The summed E-state index contributed by atoms with van der Waals surface area (Å²) < 4.78 is -0.744. The average molecular weight is 465 g/mol. The molecular weight excluding hydrogens is 440 g/mol. The van der Waals surface area contributed by atoms with Gasteiger partial charge in [0.25, 0.3) is 0 Å². The van der Waals surface area contributed by atoms with Crippen LogP contribution in [0.15, 0.2) is 30.3 Å². The highest BCUT2D eigenvalue weighted by Crippen LogP contribution is 2.50. The number of nitrogens with two attached hydrogens (primary N) is 1. The zero-order valence-corrected chi connectivity index (χ0v) is 18.2. The van der Waals surface area contributed by atoms with Crippen molar-refractivity contribution in [3.8, 4) is 0 Å². The average Bonchev–Trinajstić information content (AvgIpc) is 2.98. The van der Waals surface area contributed by atoms with Crippen LogP contribution in [0.5, 0.6) is 0 Å². The third kappa shape index (κ3) is 4.41. The largest absolute Gasteiger partial charge is 0.480 e. The molecule has 3 amide bonds. The summed E-state index contributed by atoms with van der Waals surface area (Å²) in [5.41, 5.74) is 5.82. The first-order valence-electron chi connectivity index (χ1n) is 9.80. The maximum Gasteiger partial charge on any atom is 0.327 e. The first-order valence-corrected chi connectivity index (χ1v) is 10.7. The Bertz CT molecular complexity index is 955. The highest BCUT2D eigenvalue weighted by Gasteiger charge is 2.64. The highest BCUT2D eigenvalue weighted by atomic mass is 32.2. The molecule has 2 aliphatic heterocycles. The first-order chi connectivity index (χ1) is 14.9. The van der Waals surface area contributed by atoms with Crippen molar-refractivity contribution in [2.24, 2.45) is 5.73 Å². The van der Waals surface area contributed by atoms with Crippen LogP contribution in [0.4, 0.5) is 0 Å². The molecule has 3 rings (SSSR count). The predicted molar refractivity (Wildman–Crippen MR) is 113 cm³/mol. The summed E-state index contributed by atoms with van der Waals surface area (Å²) in [6.45, 7) is 3.44. The van der Waals surface area contributed by atoms with E-state index in [2.05, 4.69) is 10.6 Å². The number of fused-ring (bicyclic) bond motifs is 1. The fourth-order valence-electron chi connectivity index (χ4n) is 3.83. The molecule has 0 radical (unpaired) electrons. The molecule has 5 atom stereocenters. The lowest BCUT2D eigenvalue weighted by molar-refractivity contribution is -0.161. The van der Waals surface area contributed by atoms with E-state index in [1.807, 2.05) is 0 Å². The Hall–Kier alpha value is -3.12. The van der Waals surface area contributed by atoms with E-state index < -0.39 is 70.4 Å². The van der Waals surface area contributed by atoms with Crippen LogP contribution in [-0.4, -0.2) is 73.0 Å². The van der Waals surface area contributed by atoms with Crippen molar-refractivity contribution in [2.45, 2.75) is 54.6 Å². The minimum Gasteiger partial charge on any atom is -0.480 e. The van der Waals surface area contributed by atoms with E-state index in [1.165, 1.54) is 16.7 Å². The van der Waals surface area contributed by atoms with Crippen LogP contribution >= 0.6 is 11.8 Å². The Morgan fingerprint density at radius 3 is 2.38 bits per heavy atom. The van der Waals surface area contributed by atoms with E-state index in [4.69, 9.17) is 10.8 Å². The Morgan fingerprint density at radius 1 is 1.19 bits per heavy atom. The van der Waals surface area contributed by atoms with Gasteiger partial charge in [-0.25, -0.2) is 4.79 Å². The number of amides is 3. The second kappa shape index (κ2) is 8.79. The van der Waals surface area contributed by atoms with Gasteiger partial charge in [0.2, 0.25) is 17.7 Å². The lowest BCUT2D eigenvalue weighted by Crippen LogP contribution is -2.71. The Balaban J connectivity index is 1.75. The van der Waals surface area contributed by atoms with Gasteiger partial charge in [-0.1, -0.05) is 30.3 Å². The van der Waals surface area contributed by atoms with Crippen molar-refractivity contribution < 1.29 is 34.2 Å². The first kappa shape index (κ1) is 23.5. The zero-order valence-electron chi connectivity index (χ0n) is 17.3. The smallest absolute Gasteiger partial charge is 0.327 e. The highest BCUT2D eigenvalue weighted by molar-refractivity contribution is 8.01. The molecule has 0 aliphatic carbocycles. The van der Waals surface area contributed by atoms with Crippen LogP contribution in [0.2, 0.25) is 0 Å². The van der Waals surface area contributed by atoms with Crippen LogP contribution in [0.25, 0.3) is 0 Å². The predicted octanol–water partition coefficient (Wildman–Crippen LogP) is -0.722. The summed E-state index contributed by atoms with van der Waals surface area (Å²) in [6.07, 6.45) is -0.533. The van der Waals surface area contributed by atoms with Gasteiger partial charge in [-0.05, 0) is 19.4 Å². The maximum atomic E-state index is 13.0. The van der Waals surface area contributed by atoms with E-state index in [9.17, 15) is 29.1 Å². The SMILES string of the molecule is CC1(C)S[C@@H]2[C@H](NC(=O)C(NC(=O)CC(N)C(=O)O)c3ccccc3)C(=O)N2[C@H]1C(=O)O. The fraction of sp³-hybridized carbons (Fsp3) is 0.450. The van der Waals surface area contributed by atoms with Gasteiger partial charge in [-0.15, -0.1) is 11.8 Å². The molecule has 172 valence electrons. The molecule has 0 spiro atoms. The van der Waals surface area contributed by atoms with Crippen molar-refractivity contribution in [1.82, 2.24) is 15.5 Å². The zero-order chi connectivity index (χ0) is 23.8. The van der Waals surface area contributed by atoms with Crippen molar-refractivity contribution in [3.05, 3.63) is 35.9 Å². The fourth-order valence-corrected chi connectivity index (χ4v) is 5.46. The summed E-state index contributed by atoms with van der Waals surface area (Å²) in [7, 11) is 0. The Labute approximate surface area is 187 Å². The van der Waals surface area contributed by atoms with Gasteiger partial charge in [0.15, 0.2) is 0 Å². The molecule has 2 saturated heterocycles. The number of carbonyl (C=O) groups excluding carboxylic acids is 3. The van der Waals surface area contributed by atoms with Crippen LogP contribution in [0.1, 0.15) is 31.9 Å². The van der Waals surface area contributed by atoms with Crippen molar-refractivity contribution in [1.29, 1.82) is 0 Å². The van der Waals surface area contributed by atoms with Crippen molar-refractivity contribution in [2.75, 3.05) is 0 Å². The van der Waals surface area contributed by atoms with Gasteiger partial charge in [-0.2, -0.15) is 0 Å². The molecule has 12 heteroatoms. The number of thioether (sulfide) groups is 1. The minimum absolute atomic E-state index is 0.425. The number of hydrogen-bond acceptors (Lipinski definition) is 7. The normalized spacial score (nSPS) is 25.2. The summed E-state index contributed by atoms with van der Waals surface area (Å²) in [6, 6.07) is 3.66. The van der Waals surface area contributed by atoms with Gasteiger partial charge in [0.1, 0.15) is 29.5 Å². The molecular formula is C20H24N4O7S. The van der Waals surface area contributed by atoms with Crippen LogP contribution in [0, 0.1) is 0 Å². The van der Waals surface area contributed by atoms with Gasteiger partial charge in [0.05, 0.1) is 6.42 Å². The standard InChI is InChI=1S/C20H24N4O7S/c1-20(2)14(19(30)31)24-16(27)13(17(24)32-20)23-15(26)12(9-6-4-3-5-7-9)22-11(25)8-10(21)18(28)29/h3-7,10,12-14,17H,8,21H2,1-2H3,(H,22,25)(H,23,26)(H,28,29)(H,30,31)/t10?,12?,13-,14+,17-/m1/s1. The number of carboxylic acid groups (broad SMARTS) is 2. The number of hydrogen-bond donors (Lipinski definition) is 5. The van der Waals surface area contributed by atoms with Gasteiger partial charge >= 0.3 is 11.9 Å². The van der Waals surface area contributed by atoms with E-state index in [1.54, 1.807) is 44.2 Å². The second-order valence-electron chi connectivity index (χ2n) is 8.14. The van der Waals surface area contributed by atoms with Gasteiger partial charge < -0.3 is 31.5 Å². The third-order valence-corrected chi connectivity index (χ3v) is 6.97. The van der Waals surface area contributed by atoms with Crippen LogP contribution in [-0.2, 0) is 24.0 Å². The van der Waals surface area contributed by atoms with E-state index in [0.29, 0.717) is 5.56 Å². The number of carboxylic acids is 2. The molecule has 2 aliphatic rings.